The van der Waals surface area contributed by atoms with Crippen LogP contribution in [0.5, 0.6) is 0 Å². The van der Waals surface area contributed by atoms with Gasteiger partial charge in [0.15, 0.2) is 11.6 Å². The molecule has 19 heavy (non-hydrogen) atoms. The normalized spacial score (nSPS) is 16.9. The molecule has 2 aromatic carbocycles. The largest absolute Gasteiger partial charge is 0.434 e. The second kappa shape index (κ2) is 4.35. The van der Waals surface area contributed by atoms with Crippen molar-refractivity contribution in [2.75, 3.05) is 5.32 Å². The highest BCUT2D eigenvalue weighted by molar-refractivity contribution is 5.94. The Hall–Kier alpha value is -2.43. The van der Waals surface area contributed by atoms with Crippen LogP contribution in [0.3, 0.4) is 0 Å². The maximum atomic E-state index is 13.1. The zero-order chi connectivity index (χ0) is 13.4. The van der Waals surface area contributed by atoms with E-state index < -0.39 is 23.8 Å². The van der Waals surface area contributed by atoms with Crippen molar-refractivity contribution in [1.29, 1.82) is 0 Å². The number of fused-ring (bicyclic) bond motifs is 1. The molecule has 0 amide bonds. The Morgan fingerprint density at radius 2 is 1.84 bits per heavy atom. The van der Waals surface area contributed by atoms with E-state index >= 15 is 0 Å². The molecule has 0 unspecified atom stereocenters. The molecule has 1 N–H and O–H groups in total. The lowest BCUT2D eigenvalue weighted by atomic mass is 10.1. The van der Waals surface area contributed by atoms with Crippen LogP contribution in [-0.4, -0.2) is 5.97 Å². The van der Waals surface area contributed by atoms with E-state index in [0.717, 1.165) is 12.1 Å². The quantitative estimate of drug-likeness (QED) is 0.843. The SMILES string of the molecule is O=C1O[C@H](Nc2ccc(F)c(F)c2)c2ccccc21. The van der Waals surface area contributed by atoms with E-state index in [4.69, 9.17) is 4.74 Å². The fourth-order valence-electron chi connectivity index (χ4n) is 1.99. The number of rotatable bonds is 2. The van der Waals surface area contributed by atoms with Crippen molar-refractivity contribution < 1.29 is 18.3 Å². The summed E-state index contributed by atoms with van der Waals surface area (Å²) in [5.74, 6) is -2.31. The summed E-state index contributed by atoms with van der Waals surface area (Å²) in [5.41, 5.74) is 1.49. The highest BCUT2D eigenvalue weighted by atomic mass is 19.2. The van der Waals surface area contributed by atoms with Crippen LogP contribution >= 0.6 is 0 Å². The predicted molar refractivity (Wildman–Crippen MR) is 64.6 cm³/mol. The molecular weight excluding hydrogens is 252 g/mol. The number of hydrogen-bond acceptors (Lipinski definition) is 3. The average Bonchev–Trinajstić information content (AvgIpc) is 2.72. The summed E-state index contributed by atoms with van der Waals surface area (Å²) in [4.78, 5) is 11.6. The van der Waals surface area contributed by atoms with Crippen molar-refractivity contribution in [3.63, 3.8) is 0 Å². The van der Waals surface area contributed by atoms with Crippen LogP contribution in [0.4, 0.5) is 14.5 Å². The molecule has 3 nitrogen and oxygen atoms in total. The molecule has 0 radical (unpaired) electrons. The molecule has 96 valence electrons. The van der Waals surface area contributed by atoms with Crippen molar-refractivity contribution in [1.82, 2.24) is 0 Å². The second-order valence-corrected chi connectivity index (χ2v) is 4.15. The Morgan fingerprint density at radius 1 is 1.05 bits per heavy atom. The number of anilines is 1. The van der Waals surface area contributed by atoms with Gasteiger partial charge in [-0.1, -0.05) is 18.2 Å². The molecule has 0 fully saturated rings. The number of halogens is 2. The topological polar surface area (TPSA) is 38.3 Å². The lowest BCUT2D eigenvalue weighted by molar-refractivity contribution is 0.0437. The molecule has 0 aliphatic carbocycles. The number of nitrogens with one attached hydrogen (secondary N) is 1. The van der Waals surface area contributed by atoms with Gasteiger partial charge >= 0.3 is 5.97 Å². The van der Waals surface area contributed by atoms with E-state index in [1.807, 2.05) is 0 Å². The monoisotopic (exact) mass is 261 g/mol. The first kappa shape index (κ1) is 11.6. The first-order chi connectivity index (χ1) is 9.15. The molecule has 0 aromatic heterocycles. The zero-order valence-corrected chi connectivity index (χ0v) is 9.69. The summed E-state index contributed by atoms with van der Waals surface area (Å²) in [6.45, 7) is 0. The first-order valence-corrected chi connectivity index (χ1v) is 5.66. The van der Waals surface area contributed by atoms with E-state index in [1.54, 1.807) is 24.3 Å². The third-order valence-electron chi connectivity index (χ3n) is 2.91. The van der Waals surface area contributed by atoms with Crippen LogP contribution in [-0.2, 0) is 4.74 Å². The van der Waals surface area contributed by atoms with Crippen molar-refractivity contribution in [3.8, 4) is 0 Å². The van der Waals surface area contributed by atoms with Crippen molar-refractivity contribution in [2.45, 2.75) is 6.23 Å². The molecule has 3 rings (SSSR count). The van der Waals surface area contributed by atoms with Crippen LogP contribution in [0.1, 0.15) is 22.1 Å². The summed E-state index contributed by atoms with van der Waals surface area (Å²) in [6, 6.07) is 10.3. The van der Waals surface area contributed by atoms with Crippen LogP contribution in [0.15, 0.2) is 42.5 Å². The van der Waals surface area contributed by atoms with E-state index in [2.05, 4.69) is 5.32 Å². The smallest absolute Gasteiger partial charge is 0.340 e. The van der Waals surface area contributed by atoms with E-state index in [0.29, 0.717) is 16.8 Å². The number of carbonyl (C=O) groups excluding carboxylic acids is 1. The molecule has 0 spiro atoms. The molecular formula is C14H9F2NO2. The fourth-order valence-corrected chi connectivity index (χ4v) is 1.99. The Bertz CT molecular complexity index is 658. The Labute approximate surface area is 107 Å². The summed E-state index contributed by atoms with van der Waals surface area (Å²) in [5, 5.41) is 2.85. The first-order valence-electron chi connectivity index (χ1n) is 5.66. The van der Waals surface area contributed by atoms with Gasteiger partial charge in [-0.2, -0.15) is 0 Å². The lowest BCUT2D eigenvalue weighted by Gasteiger charge is -2.14. The van der Waals surface area contributed by atoms with Crippen LogP contribution in [0.25, 0.3) is 0 Å². The van der Waals surface area contributed by atoms with Gasteiger partial charge in [-0.3, -0.25) is 0 Å². The maximum absolute atomic E-state index is 13.1. The minimum absolute atomic E-state index is 0.341. The van der Waals surface area contributed by atoms with Gasteiger partial charge in [0, 0.05) is 17.3 Å². The average molecular weight is 261 g/mol. The molecule has 0 bridgehead atoms. The standard InChI is InChI=1S/C14H9F2NO2/c15-11-6-5-8(7-12(11)16)17-13-9-3-1-2-4-10(9)14(18)19-13/h1-7,13,17H/t13-/m0/s1. The molecule has 1 atom stereocenters. The Kier molecular flexibility index (Phi) is 2.67. The number of ether oxygens (including phenoxy) is 1. The number of esters is 1. The van der Waals surface area contributed by atoms with E-state index in [-0.39, 0.29) is 0 Å². The molecule has 0 saturated carbocycles. The number of cyclic esters (lactones) is 1. The van der Waals surface area contributed by atoms with Gasteiger partial charge in [0.1, 0.15) is 0 Å². The van der Waals surface area contributed by atoms with Gasteiger partial charge < -0.3 is 10.1 Å². The Morgan fingerprint density at radius 3 is 2.63 bits per heavy atom. The van der Waals surface area contributed by atoms with Crippen LogP contribution in [0, 0.1) is 11.6 Å². The van der Waals surface area contributed by atoms with Crippen molar-refractivity contribution in [3.05, 3.63) is 65.2 Å². The highest BCUT2D eigenvalue weighted by Gasteiger charge is 2.30. The minimum atomic E-state index is -0.956. The summed E-state index contributed by atoms with van der Waals surface area (Å²) in [7, 11) is 0. The molecule has 1 heterocycles. The van der Waals surface area contributed by atoms with Gasteiger partial charge in [0.05, 0.1) is 5.56 Å². The van der Waals surface area contributed by atoms with E-state index in [9.17, 15) is 13.6 Å². The van der Waals surface area contributed by atoms with Gasteiger partial charge in [0.2, 0.25) is 6.23 Å². The van der Waals surface area contributed by atoms with Gasteiger partial charge in [-0.15, -0.1) is 0 Å². The van der Waals surface area contributed by atoms with Crippen LogP contribution < -0.4 is 5.32 Å². The van der Waals surface area contributed by atoms with Crippen molar-refractivity contribution in [2.24, 2.45) is 0 Å². The van der Waals surface area contributed by atoms with E-state index in [1.165, 1.54) is 6.07 Å². The molecule has 2 aromatic rings. The predicted octanol–water partition coefficient (Wildman–Crippen LogP) is 3.25. The zero-order valence-electron chi connectivity index (χ0n) is 9.69. The Balaban J connectivity index is 1.89. The van der Waals surface area contributed by atoms with Gasteiger partial charge in [-0.05, 0) is 18.2 Å². The molecule has 1 aliphatic rings. The number of carbonyl (C=O) groups is 1. The molecule has 5 heteroatoms. The maximum Gasteiger partial charge on any atom is 0.340 e. The van der Waals surface area contributed by atoms with Gasteiger partial charge in [0.25, 0.3) is 0 Å². The second-order valence-electron chi connectivity index (χ2n) is 4.15. The summed E-state index contributed by atoms with van der Waals surface area (Å²) in [6.07, 6.45) is -0.687. The highest BCUT2D eigenvalue weighted by Crippen LogP contribution is 2.31. The minimum Gasteiger partial charge on any atom is -0.434 e. The number of hydrogen-bond donors (Lipinski definition) is 1. The molecule has 1 aliphatic heterocycles. The summed E-state index contributed by atoms with van der Waals surface area (Å²) < 4.78 is 31.1. The third-order valence-corrected chi connectivity index (χ3v) is 2.91. The lowest BCUT2D eigenvalue weighted by Crippen LogP contribution is -2.10. The number of benzene rings is 2. The third kappa shape index (κ3) is 2.03. The van der Waals surface area contributed by atoms with Crippen LogP contribution in [0.2, 0.25) is 0 Å². The van der Waals surface area contributed by atoms with Gasteiger partial charge in [-0.25, -0.2) is 13.6 Å². The fraction of sp³-hybridized carbons (Fsp3) is 0.0714. The molecule has 0 saturated heterocycles. The van der Waals surface area contributed by atoms with Crippen molar-refractivity contribution >= 4 is 11.7 Å². The summed E-state index contributed by atoms with van der Waals surface area (Å²) >= 11 is 0.